The SMILES string of the molecule is C#CC(C)(C)c1cccc(C(=O)Nc2cc(Nc3ncc4nc(NC(C)=O)sc4n3)c(Cl)cc2F)c1. The van der Waals surface area contributed by atoms with E-state index in [-0.39, 0.29) is 28.3 Å². The van der Waals surface area contributed by atoms with Gasteiger partial charge in [-0.2, -0.15) is 4.98 Å². The average molecular weight is 523 g/mol. The standard InChI is InChI=1S/C25H20ClFN6O2S/c1-5-25(3,4)15-8-6-7-14(9-15)21(35)30-19-11-18(16(26)10-17(19)27)31-23-28-12-20-22(33-23)36-24(32-20)29-13(2)34/h1,6-12H,2-4H3,(H,30,35)(H,28,31,33)(H,29,32,34). The first-order valence-corrected chi connectivity index (χ1v) is 11.8. The van der Waals surface area contributed by atoms with Crippen LogP contribution in [0.5, 0.6) is 0 Å². The lowest BCUT2D eigenvalue weighted by molar-refractivity contribution is -0.114. The van der Waals surface area contributed by atoms with Gasteiger partial charge in [-0.15, -0.1) is 6.42 Å². The van der Waals surface area contributed by atoms with Crippen LogP contribution < -0.4 is 16.0 Å². The molecule has 0 spiro atoms. The van der Waals surface area contributed by atoms with Crippen LogP contribution in [0, 0.1) is 18.2 Å². The first-order valence-electron chi connectivity index (χ1n) is 10.6. The van der Waals surface area contributed by atoms with E-state index >= 15 is 0 Å². The maximum absolute atomic E-state index is 14.7. The van der Waals surface area contributed by atoms with Crippen molar-refractivity contribution in [1.29, 1.82) is 0 Å². The molecule has 0 aliphatic rings. The van der Waals surface area contributed by atoms with Gasteiger partial charge < -0.3 is 16.0 Å². The zero-order chi connectivity index (χ0) is 26.0. The first kappa shape index (κ1) is 25.0. The predicted octanol–water partition coefficient (Wildman–Crippen LogP) is 5.74. The van der Waals surface area contributed by atoms with Crippen LogP contribution in [0.1, 0.15) is 36.7 Å². The van der Waals surface area contributed by atoms with Crippen molar-refractivity contribution in [2.75, 3.05) is 16.0 Å². The Morgan fingerprint density at radius 3 is 2.64 bits per heavy atom. The lowest BCUT2D eigenvalue weighted by atomic mass is 9.85. The summed E-state index contributed by atoms with van der Waals surface area (Å²) in [6.45, 7) is 5.12. The van der Waals surface area contributed by atoms with Crippen molar-refractivity contribution < 1.29 is 14.0 Å². The van der Waals surface area contributed by atoms with E-state index in [1.807, 2.05) is 19.9 Å². The molecule has 2 heterocycles. The quantitative estimate of drug-likeness (QED) is 0.278. The fourth-order valence-electron chi connectivity index (χ4n) is 3.19. The summed E-state index contributed by atoms with van der Waals surface area (Å²) in [6, 6.07) is 9.28. The minimum Gasteiger partial charge on any atom is -0.323 e. The normalized spacial score (nSPS) is 11.1. The van der Waals surface area contributed by atoms with Gasteiger partial charge in [-0.05, 0) is 43.7 Å². The van der Waals surface area contributed by atoms with Crippen LogP contribution in [0.15, 0.2) is 42.6 Å². The van der Waals surface area contributed by atoms with Gasteiger partial charge in [-0.3, -0.25) is 9.59 Å². The number of thiazole rings is 1. The highest BCUT2D eigenvalue weighted by Crippen LogP contribution is 2.32. The van der Waals surface area contributed by atoms with Crippen molar-refractivity contribution in [3.05, 3.63) is 64.6 Å². The third kappa shape index (κ3) is 5.43. The molecular formula is C25H20ClFN6O2S. The molecule has 0 radical (unpaired) electrons. The molecule has 0 aliphatic carbocycles. The van der Waals surface area contributed by atoms with Crippen LogP contribution in [-0.4, -0.2) is 26.8 Å². The number of hydrogen-bond donors (Lipinski definition) is 3. The highest BCUT2D eigenvalue weighted by molar-refractivity contribution is 7.21. The number of aromatic nitrogens is 3. The second-order valence-electron chi connectivity index (χ2n) is 8.33. The molecule has 2 aromatic heterocycles. The molecule has 0 fully saturated rings. The first-order chi connectivity index (χ1) is 17.1. The maximum atomic E-state index is 14.7. The smallest absolute Gasteiger partial charge is 0.255 e. The summed E-state index contributed by atoms with van der Waals surface area (Å²) >= 11 is 7.40. The van der Waals surface area contributed by atoms with Crippen LogP contribution in [0.4, 0.5) is 26.8 Å². The Labute approximate surface area is 215 Å². The summed E-state index contributed by atoms with van der Waals surface area (Å²) in [5.74, 6) is 1.40. The number of hydrogen-bond acceptors (Lipinski definition) is 7. The number of halogens is 2. The van der Waals surface area contributed by atoms with Crippen molar-refractivity contribution in [2.24, 2.45) is 0 Å². The Morgan fingerprint density at radius 1 is 1.14 bits per heavy atom. The molecule has 4 aromatic rings. The number of nitrogens with zero attached hydrogens (tertiary/aromatic N) is 3. The Hall–Kier alpha value is -4.07. The van der Waals surface area contributed by atoms with Crippen molar-refractivity contribution in [3.63, 3.8) is 0 Å². The van der Waals surface area contributed by atoms with E-state index in [0.29, 0.717) is 21.0 Å². The van der Waals surface area contributed by atoms with Crippen molar-refractivity contribution in [2.45, 2.75) is 26.2 Å². The van der Waals surface area contributed by atoms with Gasteiger partial charge in [0.15, 0.2) is 9.96 Å². The number of anilines is 4. The van der Waals surface area contributed by atoms with Crippen LogP contribution in [0.25, 0.3) is 10.3 Å². The van der Waals surface area contributed by atoms with E-state index in [9.17, 15) is 14.0 Å². The topological polar surface area (TPSA) is 109 Å². The zero-order valence-electron chi connectivity index (χ0n) is 19.4. The molecule has 182 valence electrons. The van der Waals surface area contributed by atoms with E-state index in [1.165, 1.54) is 30.5 Å². The number of carbonyl (C=O) groups is 2. The van der Waals surface area contributed by atoms with Gasteiger partial charge in [0.2, 0.25) is 11.9 Å². The largest absolute Gasteiger partial charge is 0.323 e. The second-order valence-corrected chi connectivity index (χ2v) is 9.71. The Bertz CT molecular complexity index is 1550. The second kappa shape index (κ2) is 9.89. The summed E-state index contributed by atoms with van der Waals surface area (Å²) in [5, 5.41) is 8.56. The summed E-state index contributed by atoms with van der Waals surface area (Å²) < 4.78 is 14.7. The van der Waals surface area contributed by atoms with Gasteiger partial charge in [0.25, 0.3) is 5.91 Å². The summed E-state index contributed by atoms with van der Waals surface area (Å²) in [7, 11) is 0. The molecule has 4 rings (SSSR count). The van der Waals surface area contributed by atoms with E-state index in [0.717, 1.165) is 11.6 Å². The molecule has 0 atom stereocenters. The fourth-order valence-corrected chi connectivity index (χ4v) is 4.24. The minimum absolute atomic E-state index is 0.0650. The highest BCUT2D eigenvalue weighted by atomic mass is 35.5. The minimum atomic E-state index is -0.710. The monoisotopic (exact) mass is 522 g/mol. The molecule has 2 aromatic carbocycles. The fraction of sp³-hybridized carbons (Fsp3) is 0.160. The molecule has 8 nitrogen and oxygen atoms in total. The van der Waals surface area contributed by atoms with Crippen LogP contribution in [-0.2, 0) is 10.2 Å². The van der Waals surface area contributed by atoms with Crippen molar-refractivity contribution in [3.8, 4) is 12.3 Å². The summed E-state index contributed by atoms with van der Waals surface area (Å²) in [4.78, 5) is 37.4. The molecule has 0 bridgehead atoms. The third-order valence-electron chi connectivity index (χ3n) is 5.19. The predicted molar refractivity (Wildman–Crippen MR) is 140 cm³/mol. The lowest BCUT2D eigenvalue weighted by Crippen LogP contribution is -2.17. The van der Waals surface area contributed by atoms with Gasteiger partial charge in [0.05, 0.1) is 28.0 Å². The zero-order valence-corrected chi connectivity index (χ0v) is 21.0. The van der Waals surface area contributed by atoms with E-state index in [1.54, 1.807) is 18.2 Å². The molecule has 36 heavy (non-hydrogen) atoms. The molecule has 0 aliphatic heterocycles. The van der Waals surface area contributed by atoms with Gasteiger partial charge in [-0.25, -0.2) is 14.4 Å². The molecule has 2 amide bonds. The highest BCUT2D eigenvalue weighted by Gasteiger charge is 2.20. The van der Waals surface area contributed by atoms with Crippen LogP contribution in [0.2, 0.25) is 5.02 Å². The molecule has 0 saturated heterocycles. The number of amides is 2. The number of carbonyl (C=O) groups excluding carboxylic acids is 2. The van der Waals surface area contributed by atoms with E-state index < -0.39 is 17.1 Å². The number of benzene rings is 2. The number of terminal acetylenes is 1. The van der Waals surface area contributed by atoms with E-state index in [2.05, 4.69) is 36.8 Å². The van der Waals surface area contributed by atoms with Gasteiger partial charge in [0.1, 0.15) is 11.3 Å². The average Bonchev–Trinajstić information content (AvgIpc) is 3.23. The van der Waals surface area contributed by atoms with Gasteiger partial charge in [-0.1, -0.05) is 41.0 Å². The molecular weight excluding hydrogens is 503 g/mol. The van der Waals surface area contributed by atoms with Crippen LogP contribution in [0.3, 0.4) is 0 Å². The molecule has 3 N–H and O–H groups in total. The number of nitrogens with one attached hydrogen (secondary N) is 3. The number of rotatable bonds is 6. The molecule has 0 saturated carbocycles. The third-order valence-corrected chi connectivity index (χ3v) is 6.39. The maximum Gasteiger partial charge on any atom is 0.255 e. The number of fused-ring (bicyclic) bond motifs is 1. The van der Waals surface area contributed by atoms with Crippen molar-refractivity contribution >= 4 is 67.6 Å². The molecule has 0 unspecified atom stereocenters. The lowest BCUT2D eigenvalue weighted by Gasteiger charge is -2.18. The Morgan fingerprint density at radius 2 is 1.92 bits per heavy atom. The Kier molecular flexibility index (Phi) is 6.88. The Balaban J connectivity index is 1.58. The van der Waals surface area contributed by atoms with Crippen LogP contribution >= 0.6 is 22.9 Å². The van der Waals surface area contributed by atoms with Crippen molar-refractivity contribution in [1.82, 2.24) is 15.0 Å². The van der Waals surface area contributed by atoms with Gasteiger partial charge in [0, 0.05) is 12.5 Å². The summed E-state index contributed by atoms with van der Waals surface area (Å²) in [6.07, 6.45) is 7.09. The van der Waals surface area contributed by atoms with E-state index in [4.69, 9.17) is 18.0 Å². The van der Waals surface area contributed by atoms with Gasteiger partial charge >= 0.3 is 0 Å². The molecule has 11 heteroatoms. The summed E-state index contributed by atoms with van der Waals surface area (Å²) in [5.41, 5.74) is 1.24.